The highest BCUT2D eigenvalue weighted by molar-refractivity contribution is 6.18. The van der Waals surface area contributed by atoms with E-state index in [4.69, 9.17) is 22.1 Å². The third kappa shape index (κ3) is 2.15. The number of aliphatic hydroxyl groups is 2. The lowest BCUT2D eigenvalue weighted by atomic mass is 10.1. The van der Waals surface area contributed by atoms with Crippen LogP contribution in [-0.4, -0.2) is 53.9 Å². The van der Waals surface area contributed by atoms with Crippen molar-refractivity contribution in [1.29, 1.82) is 0 Å². The molecular weight excluding hydrogens is 298 g/mol. The maximum atomic E-state index is 10.2. The molecule has 21 heavy (non-hydrogen) atoms. The summed E-state index contributed by atoms with van der Waals surface area (Å²) in [6, 6.07) is 0. The maximum Gasteiger partial charge on any atom is 0.167 e. The van der Waals surface area contributed by atoms with Gasteiger partial charge in [0, 0.05) is 6.42 Å². The first-order chi connectivity index (χ1) is 10.1. The predicted molar refractivity (Wildman–Crippen MR) is 75.8 cm³/mol. The number of aromatic nitrogens is 4. The monoisotopic (exact) mass is 313 g/mol. The smallest absolute Gasteiger partial charge is 0.167 e. The van der Waals surface area contributed by atoms with Gasteiger partial charge in [0.1, 0.15) is 30.5 Å². The van der Waals surface area contributed by atoms with Gasteiger partial charge in [-0.15, -0.1) is 11.6 Å². The van der Waals surface area contributed by atoms with Gasteiger partial charge >= 0.3 is 0 Å². The zero-order valence-corrected chi connectivity index (χ0v) is 12.1. The van der Waals surface area contributed by atoms with Crippen molar-refractivity contribution in [3.8, 4) is 0 Å². The summed E-state index contributed by atoms with van der Waals surface area (Å²) in [6.45, 7) is 1.91. The zero-order valence-electron chi connectivity index (χ0n) is 11.3. The average Bonchev–Trinajstić information content (AvgIpc) is 2.99. The van der Waals surface area contributed by atoms with Gasteiger partial charge < -0.3 is 20.7 Å². The Morgan fingerprint density at radius 1 is 1.38 bits per heavy atom. The summed E-state index contributed by atoms with van der Waals surface area (Å²) in [6.07, 6.45) is -1.72. The summed E-state index contributed by atoms with van der Waals surface area (Å²) >= 11 is 5.75. The molecule has 114 valence electrons. The molecule has 1 fully saturated rings. The molecule has 4 atom stereocenters. The lowest BCUT2D eigenvalue weighted by Gasteiger charge is -2.18. The van der Waals surface area contributed by atoms with E-state index in [0.29, 0.717) is 23.4 Å². The van der Waals surface area contributed by atoms with Crippen LogP contribution in [0.5, 0.6) is 0 Å². The second-order valence-electron chi connectivity index (χ2n) is 4.88. The minimum absolute atomic E-state index is 0.0833. The second kappa shape index (κ2) is 5.38. The number of ether oxygens (including phenoxy) is 1. The lowest BCUT2D eigenvalue weighted by molar-refractivity contribution is -0.0306. The molecular formula is C12H16ClN5O3. The molecule has 9 heteroatoms. The minimum Gasteiger partial charge on any atom is -0.387 e. The molecule has 0 spiro atoms. The fourth-order valence-corrected chi connectivity index (χ4v) is 2.81. The SMILES string of the molecule is CCc1nc2c(N)ncnc2n1[C@@H]1O[C@H](CCl)C(O)C1O. The van der Waals surface area contributed by atoms with Gasteiger partial charge in [-0.3, -0.25) is 4.57 Å². The lowest BCUT2D eigenvalue weighted by Crippen LogP contribution is -2.32. The summed E-state index contributed by atoms with van der Waals surface area (Å²) in [4.78, 5) is 12.5. The number of hydrogen-bond acceptors (Lipinski definition) is 7. The molecule has 0 bridgehead atoms. The van der Waals surface area contributed by atoms with Gasteiger partial charge in [-0.2, -0.15) is 0 Å². The number of rotatable bonds is 3. The van der Waals surface area contributed by atoms with E-state index in [-0.39, 0.29) is 11.7 Å². The van der Waals surface area contributed by atoms with Crippen LogP contribution in [0.2, 0.25) is 0 Å². The van der Waals surface area contributed by atoms with E-state index in [1.54, 1.807) is 4.57 Å². The quantitative estimate of drug-likeness (QED) is 0.673. The Morgan fingerprint density at radius 3 is 2.76 bits per heavy atom. The number of imidazole rings is 1. The van der Waals surface area contributed by atoms with E-state index in [1.165, 1.54) is 6.33 Å². The van der Waals surface area contributed by atoms with Gasteiger partial charge in [0.05, 0.1) is 5.88 Å². The highest BCUT2D eigenvalue weighted by Crippen LogP contribution is 2.33. The van der Waals surface area contributed by atoms with Crippen LogP contribution in [-0.2, 0) is 11.2 Å². The minimum atomic E-state index is -1.12. The molecule has 3 rings (SSSR count). The first kappa shape index (κ1) is 14.5. The number of fused-ring (bicyclic) bond motifs is 1. The number of nitrogens with zero attached hydrogens (tertiary/aromatic N) is 4. The number of aryl methyl sites for hydroxylation is 1. The van der Waals surface area contributed by atoms with Crippen LogP contribution in [0.4, 0.5) is 5.82 Å². The van der Waals surface area contributed by atoms with E-state index < -0.39 is 24.5 Å². The first-order valence-electron chi connectivity index (χ1n) is 6.63. The molecule has 2 aromatic rings. The molecule has 1 saturated heterocycles. The molecule has 4 N–H and O–H groups in total. The number of nitrogens with two attached hydrogens (primary N) is 1. The highest BCUT2D eigenvalue weighted by atomic mass is 35.5. The summed E-state index contributed by atoms with van der Waals surface area (Å²) in [5.74, 6) is 0.985. The highest BCUT2D eigenvalue weighted by Gasteiger charge is 2.44. The Hall–Kier alpha value is -1.48. The number of nitrogen functional groups attached to an aromatic ring is 1. The normalized spacial score (nSPS) is 29.3. The molecule has 0 amide bonds. The molecule has 1 aliphatic rings. The summed E-state index contributed by atoms with van der Waals surface area (Å²) in [5.41, 5.74) is 6.72. The van der Waals surface area contributed by atoms with Crippen LogP contribution in [0.15, 0.2) is 6.33 Å². The zero-order chi connectivity index (χ0) is 15.1. The van der Waals surface area contributed by atoms with Gasteiger partial charge in [0.15, 0.2) is 23.2 Å². The van der Waals surface area contributed by atoms with Crippen LogP contribution in [0, 0.1) is 0 Å². The van der Waals surface area contributed by atoms with Crippen molar-refractivity contribution in [3.05, 3.63) is 12.2 Å². The van der Waals surface area contributed by atoms with Gasteiger partial charge in [0.2, 0.25) is 0 Å². The van der Waals surface area contributed by atoms with Gasteiger partial charge in [-0.1, -0.05) is 6.92 Å². The van der Waals surface area contributed by atoms with Crippen LogP contribution < -0.4 is 5.73 Å². The number of halogens is 1. The van der Waals surface area contributed by atoms with Crippen molar-refractivity contribution < 1.29 is 14.9 Å². The molecule has 1 aliphatic heterocycles. The number of anilines is 1. The van der Waals surface area contributed by atoms with E-state index in [0.717, 1.165) is 0 Å². The molecule has 2 aromatic heterocycles. The molecule has 8 nitrogen and oxygen atoms in total. The van der Waals surface area contributed by atoms with E-state index in [1.807, 2.05) is 6.92 Å². The summed E-state index contributed by atoms with van der Waals surface area (Å²) in [5, 5.41) is 20.2. The van der Waals surface area contributed by atoms with Crippen molar-refractivity contribution in [2.45, 2.75) is 37.9 Å². The topological polar surface area (TPSA) is 119 Å². The van der Waals surface area contributed by atoms with Gasteiger partial charge in [-0.05, 0) is 0 Å². The van der Waals surface area contributed by atoms with Crippen LogP contribution in [0.3, 0.4) is 0 Å². The Labute approximate surface area is 125 Å². The number of aliphatic hydroxyl groups excluding tert-OH is 2. The number of hydrogen-bond donors (Lipinski definition) is 3. The second-order valence-corrected chi connectivity index (χ2v) is 5.19. The molecule has 0 aromatic carbocycles. The fourth-order valence-electron chi connectivity index (χ4n) is 2.56. The van der Waals surface area contributed by atoms with Crippen molar-refractivity contribution in [3.63, 3.8) is 0 Å². The summed E-state index contributed by atoms with van der Waals surface area (Å²) < 4.78 is 7.31. The average molecular weight is 314 g/mol. The Kier molecular flexibility index (Phi) is 3.70. The van der Waals surface area contributed by atoms with Crippen LogP contribution in [0.1, 0.15) is 19.0 Å². The fraction of sp³-hybridized carbons (Fsp3) is 0.583. The van der Waals surface area contributed by atoms with Gasteiger partial charge in [0.25, 0.3) is 0 Å². The van der Waals surface area contributed by atoms with E-state index in [9.17, 15) is 10.2 Å². The summed E-state index contributed by atoms with van der Waals surface area (Å²) in [7, 11) is 0. The molecule has 0 saturated carbocycles. The largest absolute Gasteiger partial charge is 0.387 e. The van der Waals surface area contributed by atoms with Crippen LogP contribution in [0.25, 0.3) is 11.2 Å². The third-order valence-electron chi connectivity index (χ3n) is 3.64. The predicted octanol–water partition coefficient (Wildman–Crippen LogP) is -0.171. The molecule has 0 radical (unpaired) electrons. The number of alkyl halides is 1. The molecule has 2 unspecified atom stereocenters. The van der Waals surface area contributed by atoms with Crippen molar-refractivity contribution in [2.75, 3.05) is 11.6 Å². The van der Waals surface area contributed by atoms with E-state index >= 15 is 0 Å². The maximum absolute atomic E-state index is 10.2. The Bertz CT molecular complexity index is 664. The van der Waals surface area contributed by atoms with Crippen molar-refractivity contribution in [1.82, 2.24) is 19.5 Å². The standard InChI is InChI=1S/C12H16ClN5O3/c1-2-6-17-7-10(14)15-4-16-11(7)18(6)12-9(20)8(19)5(3-13)21-12/h4-5,8-9,12,19-20H,2-3H2,1H3,(H2,14,15,16)/t5-,8?,9?,12-/m1/s1. The molecule has 3 heterocycles. The van der Waals surface area contributed by atoms with Crippen LogP contribution >= 0.6 is 11.6 Å². The van der Waals surface area contributed by atoms with Crippen molar-refractivity contribution in [2.24, 2.45) is 0 Å². The third-order valence-corrected chi connectivity index (χ3v) is 3.94. The van der Waals surface area contributed by atoms with Crippen molar-refractivity contribution >= 4 is 28.6 Å². The molecule has 0 aliphatic carbocycles. The first-order valence-corrected chi connectivity index (χ1v) is 7.16. The Balaban J connectivity index is 2.14. The van der Waals surface area contributed by atoms with Gasteiger partial charge in [-0.25, -0.2) is 15.0 Å². The van der Waals surface area contributed by atoms with E-state index in [2.05, 4.69) is 15.0 Å². The Morgan fingerprint density at radius 2 is 2.14 bits per heavy atom.